The molecule has 0 aliphatic heterocycles. The number of carbonyl (C=O) groups excluding carboxylic acids is 3. The molecule has 0 unspecified atom stereocenters. The van der Waals surface area contributed by atoms with Gasteiger partial charge >= 0.3 is 5.97 Å². The fraction of sp³-hybridized carbons (Fsp3) is 0.292. The van der Waals surface area contributed by atoms with Crippen LogP contribution in [0.25, 0.3) is 0 Å². The number of nitrogens with zero attached hydrogens (tertiary/aromatic N) is 2. The lowest BCUT2D eigenvalue weighted by Crippen LogP contribution is -2.45. The van der Waals surface area contributed by atoms with E-state index in [2.05, 4.69) is 20.8 Å². The van der Waals surface area contributed by atoms with Crippen molar-refractivity contribution >= 4 is 34.8 Å². The summed E-state index contributed by atoms with van der Waals surface area (Å²) in [6, 6.07) is 12.0. The fourth-order valence-corrected chi connectivity index (χ4v) is 3.64. The topological polar surface area (TPSA) is 110 Å². The second kappa shape index (κ2) is 11.5. The van der Waals surface area contributed by atoms with Crippen molar-refractivity contribution in [1.82, 2.24) is 15.5 Å². The molecule has 2 amide bonds. The van der Waals surface area contributed by atoms with Crippen molar-refractivity contribution in [2.45, 2.75) is 39.8 Å². The Kier molecular flexibility index (Phi) is 8.42. The van der Waals surface area contributed by atoms with Gasteiger partial charge in [0.05, 0.1) is 5.56 Å². The molecule has 0 bridgehead atoms. The lowest BCUT2D eigenvalue weighted by molar-refractivity contribution is -0.148. The average molecular weight is 485 g/mol. The zero-order valence-corrected chi connectivity index (χ0v) is 19.8. The molecule has 8 nitrogen and oxygen atoms in total. The van der Waals surface area contributed by atoms with E-state index in [1.165, 1.54) is 24.3 Å². The first kappa shape index (κ1) is 25.0. The Labute approximate surface area is 200 Å². The number of halogens is 1. The molecule has 178 valence electrons. The van der Waals surface area contributed by atoms with Crippen LogP contribution in [0.1, 0.15) is 51.5 Å². The van der Waals surface area contributed by atoms with Crippen LogP contribution in [0.3, 0.4) is 0 Å². The summed E-state index contributed by atoms with van der Waals surface area (Å²) in [5.41, 5.74) is 1.63. The van der Waals surface area contributed by atoms with Crippen molar-refractivity contribution in [3.63, 3.8) is 0 Å². The van der Waals surface area contributed by atoms with Gasteiger partial charge in [0, 0.05) is 5.69 Å². The number of benzene rings is 2. The van der Waals surface area contributed by atoms with Crippen LogP contribution in [0.4, 0.5) is 10.1 Å². The minimum Gasteiger partial charge on any atom is -0.457 e. The standard InChI is InChI=1S/C24H25FN4O4S/c1-4-15-9-11-16(12-10-15)26-22(31)23-29-28-19(34-23)13-33-24(32)20(14(2)3)27-21(30)17-7-5-6-8-18(17)25/h5-12,14,20H,4,13H2,1-3H3,(H,26,31)(H,27,30)/t20-/m0/s1. The van der Waals surface area contributed by atoms with E-state index in [4.69, 9.17) is 4.74 Å². The highest BCUT2D eigenvalue weighted by Crippen LogP contribution is 2.16. The predicted octanol–water partition coefficient (Wildman–Crippen LogP) is 3.99. The number of carbonyl (C=O) groups is 3. The molecular weight excluding hydrogens is 459 g/mol. The molecule has 2 N–H and O–H groups in total. The van der Waals surface area contributed by atoms with Gasteiger partial charge in [-0.2, -0.15) is 0 Å². The largest absolute Gasteiger partial charge is 0.457 e. The Bertz CT molecular complexity index is 1160. The number of ether oxygens (including phenoxy) is 1. The number of hydrogen-bond acceptors (Lipinski definition) is 7. The Morgan fingerprint density at radius 2 is 1.74 bits per heavy atom. The number of aromatic nitrogens is 2. The maximum atomic E-state index is 13.9. The first-order chi connectivity index (χ1) is 16.3. The first-order valence-electron chi connectivity index (χ1n) is 10.7. The van der Waals surface area contributed by atoms with Crippen LogP contribution in [0.2, 0.25) is 0 Å². The van der Waals surface area contributed by atoms with Gasteiger partial charge in [-0.3, -0.25) is 9.59 Å². The van der Waals surface area contributed by atoms with Crippen molar-refractivity contribution in [3.05, 3.63) is 75.5 Å². The van der Waals surface area contributed by atoms with Crippen LogP contribution >= 0.6 is 11.3 Å². The Hall–Kier alpha value is -3.66. The SMILES string of the molecule is CCc1ccc(NC(=O)c2nnc(COC(=O)[C@@H](NC(=O)c3ccccc3F)C(C)C)s2)cc1. The lowest BCUT2D eigenvalue weighted by Gasteiger charge is -2.20. The van der Waals surface area contributed by atoms with E-state index in [0.717, 1.165) is 23.3 Å². The third-order valence-electron chi connectivity index (χ3n) is 4.94. The Morgan fingerprint density at radius 1 is 1.03 bits per heavy atom. The highest BCUT2D eigenvalue weighted by molar-refractivity contribution is 7.13. The summed E-state index contributed by atoms with van der Waals surface area (Å²) in [6.07, 6.45) is 0.900. The summed E-state index contributed by atoms with van der Waals surface area (Å²) in [7, 11) is 0. The molecule has 0 saturated heterocycles. The monoisotopic (exact) mass is 484 g/mol. The van der Waals surface area contributed by atoms with Crippen LogP contribution in [-0.4, -0.2) is 34.0 Å². The van der Waals surface area contributed by atoms with Crippen molar-refractivity contribution in [1.29, 1.82) is 0 Å². The number of aryl methyl sites for hydroxylation is 1. The summed E-state index contributed by atoms with van der Waals surface area (Å²) in [5.74, 6) is -2.82. The molecule has 1 atom stereocenters. The zero-order chi connectivity index (χ0) is 24.7. The van der Waals surface area contributed by atoms with E-state index in [-0.39, 0.29) is 23.1 Å². The normalized spacial score (nSPS) is 11.7. The van der Waals surface area contributed by atoms with Crippen LogP contribution in [0.5, 0.6) is 0 Å². The second-order valence-electron chi connectivity index (χ2n) is 7.79. The molecule has 34 heavy (non-hydrogen) atoms. The van der Waals surface area contributed by atoms with E-state index in [0.29, 0.717) is 10.7 Å². The van der Waals surface area contributed by atoms with E-state index in [1.54, 1.807) is 13.8 Å². The number of hydrogen-bond donors (Lipinski definition) is 2. The maximum Gasteiger partial charge on any atom is 0.329 e. The molecule has 1 heterocycles. The molecule has 3 rings (SSSR count). The molecule has 10 heteroatoms. The van der Waals surface area contributed by atoms with E-state index in [1.807, 2.05) is 31.2 Å². The van der Waals surface area contributed by atoms with Gasteiger partial charge in [-0.05, 0) is 42.2 Å². The van der Waals surface area contributed by atoms with Crippen molar-refractivity contribution in [3.8, 4) is 0 Å². The third-order valence-corrected chi connectivity index (χ3v) is 5.84. The van der Waals surface area contributed by atoms with Gasteiger partial charge in [0.25, 0.3) is 11.8 Å². The number of amides is 2. The highest BCUT2D eigenvalue weighted by Gasteiger charge is 2.27. The minimum absolute atomic E-state index is 0.124. The summed E-state index contributed by atoms with van der Waals surface area (Å²) in [6.45, 7) is 5.29. The molecule has 0 aliphatic carbocycles. The van der Waals surface area contributed by atoms with Crippen molar-refractivity contribution in [2.24, 2.45) is 5.92 Å². The number of nitrogens with one attached hydrogen (secondary N) is 2. The average Bonchev–Trinajstić information content (AvgIpc) is 3.31. The molecule has 3 aromatic rings. The van der Waals surface area contributed by atoms with Gasteiger partial charge in [0.1, 0.15) is 18.5 Å². The summed E-state index contributed by atoms with van der Waals surface area (Å²) in [4.78, 5) is 37.4. The number of rotatable bonds is 9. The van der Waals surface area contributed by atoms with E-state index in [9.17, 15) is 18.8 Å². The summed E-state index contributed by atoms with van der Waals surface area (Å²) in [5, 5.41) is 13.5. The fourth-order valence-electron chi connectivity index (χ4n) is 3.00. The number of esters is 1. The van der Waals surface area contributed by atoms with Crippen LogP contribution in [0, 0.1) is 11.7 Å². The van der Waals surface area contributed by atoms with Crippen LogP contribution in [0.15, 0.2) is 48.5 Å². The maximum absolute atomic E-state index is 13.9. The molecular formula is C24H25FN4O4S. The molecule has 0 saturated carbocycles. The second-order valence-corrected chi connectivity index (χ2v) is 8.85. The molecule has 2 aromatic carbocycles. The van der Waals surface area contributed by atoms with E-state index >= 15 is 0 Å². The van der Waals surface area contributed by atoms with Crippen LogP contribution < -0.4 is 10.6 Å². The van der Waals surface area contributed by atoms with Gasteiger partial charge in [-0.1, -0.05) is 56.4 Å². The number of anilines is 1. The molecule has 0 radical (unpaired) electrons. The van der Waals surface area contributed by atoms with Crippen LogP contribution in [-0.2, 0) is 22.6 Å². The van der Waals surface area contributed by atoms with Crippen molar-refractivity contribution in [2.75, 3.05) is 5.32 Å². The van der Waals surface area contributed by atoms with Gasteiger partial charge < -0.3 is 15.4 Å². The predicted molar refractivity (Wildman–Crippen MR) is 126 cm³/mol. The third kappa shape index (κ3) is 6.44. The Morgan fingerprint density at radius 3 is 2.38 bits per heavy atom. The van der Waals surface area contributed by atoms with Gasteiger partial charge in [-0.15, -0.1) is 10.2 Å². The molecule has 0 aliphatic rings. The first-order valence-corrected chi connectivity index (χ1v) is 11.5. The zero-order valence-electron chi connectivity index (χ0n) is 19.0. The quantitative estimate of drug-likeness (QED) is 0.445. The summed E-state index contributed by atoms with van der Waals surface area (Å²) < 4.78 is 19.2. The minimum atomic E-state index is -0.992. The molecule has 1 aromatic heterocycles. The van der Waals surface area contributed by atoms with Gasteiger partial charge in [0.2, 0.25) is 5.01 Å². The highest BCUT2D eigenvalue weighted by atomic mass is 32.1. The van der Waals surface area contributed by atoms with Crippen molar-refractivity contribution < 1.29 is 23.5 Å². The molecule has 0 fully saturated rings. The summed E-state index contributed by atoms with van der Waals surface area (Å²) >= 11 is 0.994. The molecule has 0 spiro atoms. The van der Waals surface area contributed by atoms with E-state index < -0.39 is 29.6 Å². The lowest BCUT2D eigenvalue weighted by atomic mass is 10.0. The van der Waals surface area contributed by atoms with Gasteiger partial charge in [0.15, 0.2) is 5.01 Å². The Balaban J connectivity index is 1.57. The van der Waals surface area contributed by atoms with Gasteiger partial charge in [-0.25, -0.2) is 9.18 Å². The smallest absolute Gasteiger partial charge is 0.329 e.